The quantitative estimate of drug-likeness (QED) is 0.276. The average Bonchev–Trinajstić information content (AvgIpc) is 3.41. The highest BCUT2D eigenvalue weighted by Crippen LogP contribution is 2.60. The summed E-state index contributed by atoms with van der Waals surface area (Å²) in [6, 6.07) is 19.2. The van der Waals surface area contributed by atoms with E-state index in [1.807, 2.05) is 18.2 Å². The summed E-state index contributed by atoms with van der Waals surface area (Å²) in [6.45, 7) is 0.318. The Kier molecular flexibility index (Phi) is 6.45. The van der Waals surface area contributed by atoms with Gasteiger partial charge in [-0.3, -0.25) is 9.59 Å². The molecule has 4 aliphatic rings. The number of hydrogen-bond acceptors (Lipinski definition) is 4. The Morgan fingerprint density at radius 2 is 1.68 bits per heavy atom. The van der Waals surface area contributed by atoms with E-state index in [-0.39, 0.29) is 18.1 Å². The van der Waals surface area contributed by atoms with E-state index in [9.17, 15) is 9.59 Å². The van der Waals surface area contributed by atoms with Crippen LogP contribution in [0.4, 0.5) is 0 Å². The van der Waals surface area contributed by atoms with Crippen molar-refractivity contribution in [1.29, 1.82) is 0 Å². The van der Waals surface area contributed by atoms with E-state index >= 15 is 0 Å². The fourth-order valence-electron chi connectivity index (χ4n) is 7.30. The SMILES string of the molecule is O=C(/C=C/Oc1ccc(C23CC4CC(CC(C4)C2)C3)cc1)Cc1cccc(C(=O)NCc2ccco2)c1. The van der Waals surface area contributed by atoms with Crippen molar-refractivity contribution in [2.75, 3.05) is 0 Å². The lowest BCUT2D eigenvalue weighted by Crippen LogP contribution is -2.48. The molecule has 4 aliphatic carbocycles. The smallest absolute Gasteiger partial charge is 0.251 e. The van der Waals surface area contributed by atoms with Crippen molar-refractivity contribution in [3.8, 4) is 5.75 Å². The van der Waals surface area contributed by atoms with Crippen molar-refractivity contribution in [3.63, 3.8) is 0 Å². The van der Waals surface area contributed by atoms with Gasteiger partial charge < -0.3 is 14.5 Å². The van der Waals surface area contributed by atoms with E-state index < -0.39 is 0 Å². The molecule has 7 rings (SSSR count). The van der Waals surface area contributed by atoms with Crippen LogP contribution in [0.5, 0.6) is 5.75 Å². The number of benzene rings is 2. The standard InChI is InChI=1S/C32H33NO4/c34-28(17-22-3-1-4-26(16-22)31(35)33-21-30-5-2-11-36-30)10-12-37-29-8-6-27(7-9-29)32-18-23-13-24(19-32)15-25(14-23)20-32/h1-12,16,23-25H,13-15,17-21H2,(H,33,35)/b12-10+. The zero-order valence-corrected chi connectivity index (χ0v) is 21.0. The summed E-state index contributed by atoms with van der Waals surface area (Å²) in [4.78, 5) is 24.9. The summed E-state index contributed by atoms with van der Waals surface area (Å²) in [5.74, 6) is 3.91. The monoisotopic (exact) mass is 495 g/mol. The van der Waals surface area contributed by atoms with Crippen molar-refractivity contribution >= 4 is 11.7 Å². The highest BCUT2D eigenvalue weighted by molar-refractivity contribution is 5.95. The first-order chi connectivity index (χ1) is 18.0. The Morgan fingerprint density at radius 3 is 2.35 bits per heavy atom. The molecule has 0 spiro atoms. The van der Waals surface area contributed by atoms with Crippen molar-refractivity contribution < 1.29 is 18.7 Å². The Balaban J connectivity index is 1.01. The molecule has 4 bridgehead atoms. The molecular formula is C32H33NO4. The number of ether oxygens (including phenoxy) is 1. The Hall–Kier alpha value is -3.60. The first kappa shape index (κ1) is 23.8. The molecule has 1 aromatic heterocycles. The second-order valence-electron chi connectivity index (χ2n) is 11.2. The first-order valence-corrected chi connectivity index (χ1v) is 13.4. The number of rotatable bonds is 9. The molecule has 0 radical (unpaired) electrons. The minimum atomic E-state index is -0.207. The van der Waals surface area contributed by atoms with Gasteiger partial charge in [0.05, 0.1) is 19.1 Å². The number of amides is 1. The average molecular weight is 496 g/mol. The number of carbonyl (C=O) groups excluding carboxylic acids is 2. The van der Waals surface area contributed by atoms with Gasteiger partial charge in [-0.15, -0.1) is 0 Å². The van der Waals surface area contributed by atoms with Crippen LogP contribution in [-0.2, 0) is 23.2 Å². The molecule has 4 fully saturated rings. The summed E-state index contributed by atoms with van der Waals surface area (Å²) >= 11 is 0. The third-order valence-electron chi connectivity index (χ3n) is 8.53. The van der Waals surface area contributed by atoms with Gasteiger partial charge >= 0.3 is 0 Å². The lowest BCUT2D eigenvalue weighted by atomic mass is 9.48. The lowest BCUT2D eigenvalue weighted by molar-refractivity contribution is -0.114. The number of carbonyl (C=O) groups is 2. The Morgan fingerprint density at radius 1 is 0.946 bits per heavy atom. The van der Waals surface area contributed by atoms with Gasteiger partial charge in [-0.05, 0) is 109 Å². The van der Waals surface area contributed by atoms with Crippen molar-refractivity contribution in [2.24, 2.45) is 17.8 Å². The van der Waals surface area contributed by atoms with Crippen LogP contribution in [0.1, 0.15) is 65.8 Å². The Labute approximate surface area is 217 Å². The highest BCUT2D eigenvalue weighted by atomic mass is 16.5. The van der Waals surface area contributed by atoms with E-state index in [0.29, 0.717) is 23.3 Å². The van der Waals surface area contributed by atoms with E-state index in [2.05, 4.69) is 17.4 Å². The molecule has 0 saturated heterocycles. The summed E-state index contributed by atoms with van der Waals surface area (Å²) in [6.07, 6.45) is 13.1. The van der Waals surface area contributed by atoms with Crippen LogP contribution in [0.15, 0.2) is 83.7 Å². The zero-order valence-electron chi connectivity index (χ0n) is 21.0. The van der Waals surface area contributed by atoms with Gasteiger partial charge in [-0.1, -0.05) is 24.3 Å². The van der Waals surface area contributed by atoms with Crippen molar-refractivity contribution in [1.82, 2.24) is 5.32 Å². The first-order valence-electron chi connectivity index (χ1n) is 13.4. The third kappa shape index (κ3) is 5.27. The van der Waals surface area contributed by atoms with Gasteiger partial charge in [0.1, 0.15) is 11.5 Å². The minimum Gasteiger partial charge on any atom is -0.467 e. The van der Waals surface area contributed by atoms with Crippen LogP contribution in [0.2, 0.25) is 0 Å². The second-order valence-corrected chi connectivity index (χ2v) is 11.2. The van der Waals surface area contributed by atoms with Gasteiger partial charge in [0, 0.05) is 18.1 Å². The van der Waals surface area contributed by atoms with Gasteiger partial charge in [0.25, 0.3) is 5.91 Å². The predicted molar refractivity (Wildman–Crippen MR) is 141 cm³/mol. The molecule has 0 aliphatic heterocycles. The maximum atomic E-state index is 12.5. The molecule has 0 unspecified atom stereocenters. The van der Waals surface area contributed by atoms with Crippen molar-refractivity contribution in [3.05, 3.63) is 102 Å². The van der Waals surface area contributed by atoms with Crippen LogP contribution < -0.4 is 10.1 Å². The fourth-order valence-corrected chi connectivity index (χ4v) is 7.30. The van der Waals surface area contributed by atoms with Crippen LogP contribution in [0.25, 0.3) is 0 Å². The molecule has 1 amide bonds. The lowest BCUT2D eigenvalue weighted by Gasteiger charge is -2.57. The summed E-state index contributed by atoms with van der Waals surface area (Å²) in [7, 11) is 0. The highest BCUT2D eigenvalue weighted by Gasteiger charge is 2.51. The van der Waals surface area contributed by atoms with Crippen LogP contribution in [0, 0.1) is 17.8 Å². The largest absolute Gasteiger partial charge is 0.467 e. The van der Waals surface area contributed by atoms with Crippen molar-refractivity contribution in [2.45, 2.75) is 56.9 Å². The fraction of sp³-hybridized carbons (Fsp3) is 0.375. The van der Waals surface area contributed by atoms with E-state index in [0.717, 1.165) is 29.1 Å². The summed E-state index contributed by atoms with van der Waals surface area (Å²) in [5.41, 5.74) is 3.13. The molecule has 4 saturated carbocycles. The van der Waals surface area contributed by atoms with Crippen LogP contribution in [0.3, 0.4) is 0 Å². The molecule has 5 nitrogen and oxygen atoms in total. The predicted octanol–water partition coefficient (Wildman–Crippen LogP) is 6.38. The molecule has 0 atom stereocenters. The molecule has 1 heterocycles. The van der Waals surface area contributed by atoms with Gasteiger partial charge in [0.15, 0.2) is 5.78 Å². The molecule has 3 aromatic rings. The molecular weight excluding hydrogens is 462 g/mol. The Bertz CT molecular complexity index is 1250. The minimum absolute atomic E-state index is 0.0849. The number of ketones is 1. The van der Waals surface area contributed by atoms with E-state index in [1.165, 1.54) is 56.4 Å². The van der Waals surface area contributed by atoms with Gasteiger partial charge in [-0.25, -0.2) is 0 Å². The topological polar surface area (TPSA) is 68.5 Å². The maximum absolute atomic E-state index is 12.5. The third-order valence-corrected chi connectivity index (χ3v) is 8.53. The normalized spacial score (nSPS) is 25.9. The zero-order chi connectivity index (χ0) is 25.2. The molecule has 1 N–H and O–H groups in total. The summed E-state index contributed by atoms with van der Waals surface area (Å²) < 4.78 is 11.0. The molecule has 5 heteroatoms. The number of hydrogen-bond donors (Lipinski definition) is 1. The molecule has 37 heavy (non-hydrogen) atoms. The summed E-state index contributed by atoms with van der Waals surface area (Å²) in [5, 5.41) is 2.82. The number of nitrogens with one attached hydrogen (secondary N) is 1. The second kappa shape index (κ2) is 10.0. The van der Waals surface area contributed by atoms with E-state index in [4.69, 9.17) is 9.15 Å². The van der Waals surface area contributed by atoms with Crippen LogP contribution >= 0.6 is 0 Å². The molecule has 2 aromatic carbocycles. The number of allylic oxidation sites excluding steroid dienone is 1. The molecule has 190 valence electrons. The van der Waals surface area contributed by atoms with E-state index in [1.54, 1.807) is 36.6 Å². The van der Waals surface area contributed by atoms with Gasteiger partial charge in [0.2, 0.25) is 0 Å². The number of furan rings is 1. The van der Waals surface area contributed by atoms with Gasteiger partial charge in [-0.2, -0.15) is 0 Å². The maximum Gasteiger partial charge on any atom is 0.251 e. The van der Waals surface area contributed by atoms with Crippen LogP contribution in [-0.4, -0.2) is 11.7 Å².